The fourth-order valence-electron chi connectivity index (χ4n) is 2.90. The van der Waals surface area contributed by atoms with Gasteiger partial charge >= 0.3 is 5.97 Å². The van der Waals surface area contributed by atoms with Crippen molar-refractivity contribution in [2.45, 2.75) is 39.2 Å². The number of esters is 1. The van der Waals surface area contributed by atoms with Gasteiger partial charge in [-0.3, -0.25) is 14.9 Å². The second kappa shape index (κ2) is 6.60. The molecule has 6 heteroatoms. The van der Waals surface area contributed by atoms with Crippen LogP contribution in [-0.4, -0.2) is 28.5 Å². The Balaban J connectivity index is 2.63. The largest absolute Gasteiger partial charge is 0.465 e. The number of nitrogens with one attached hydrogen (secondary N) is 1. The molecule has 0 fully saturated rings. The number of carbonyl (C=O) groups excluding carboxylic acids is 1. The summed E-state index contributed by atoms with van der Waals surface area (Å²) in [7, 11) is 0. The molecule has 0 aliphatic carbocycles. The van der Waals surface area contributed by atoms with Crippen molar-refractivity contribution in [1.82, 2.24) is 4.98 Å². The first kappa shape index (κ1) is 16.0. The van der Waals surface area contributed by atoms with E-state index in [9.17, 15) is 14.9 Å². The summed E-state index contributed by atoms with van der Waals surface area (Å²) in [4.78, 5) is 26.6. The van der Waals surface area contributed by atoms with Crippen molar-refractivity contribution in [1.29, 1.82) is 0 Å². The standard InChI is InChI=1S/C16H20N2O4/c1-4-13(18(20)21)15(16(19)22-5-2)14-10(3)17-12-9-7-6-8-11(12)14/h6-9,13,15,17H,4-5H2,1-3H3. The van der Waals surface area contributed by atoms with Gasteiger partial charge in [-0.05, 0) is 19.9 Å². The number of carbonyl (C=O) groups is 1. The van der Waals surface area contributed by atoms with Gasteiger partial charge in [0.2, 0.25) is 6.04 Å². The van der Waals surface area contributed by atoms with Gasteiger partial charge in [0.25, 0.3) is 0 Å². The highest BCUT2D eigenvalue weighted by Gasteiger charge is 2.40. The fraction of sp³-hybridized carbons (Fsp3) is 0.438. The average molecular weight is 304 g/mol. The Morgan fingerprint density at radius 1 is 1.36 bits per heavy atom. The maximum absolute atomic E-state index is 12.4. The normalized spacial score (nSPS) is 13.8. The molecule has 6 nitrogen and oxygen atoms in total. The molecule has 2 rings (SSSR count). The Morgan fingerprint density at radius 2 is 2.05 bits per heavy atom. The highest BCUT2D eigenvalue weighted by Crippen LogP contribution is 2.34. The Labute approximate surface area is 128 Å². The molecule has 0 aliphatic heterocycles. The number of nitrogens with zero attached hydrogens (tertiary/aromatic N) is 1. The second-order valence-electron chi connectivity index (χ2n) is 5.20. The molecular formula is C16H20N2O4. The van der Waals surface area contributed by atoms with Crippen molar-refractivity contribution in [2.24, 2.45) is 0 Å². The molecular weight excluding hydrogens is 284 g/mol. The lowest BCUT2D eigenvalue weighted by Gasteiger charge is -2.19. The van der Waals surface area contributed by atoms with Crippen LogP contribution in [-0.2, 0) is 9.53 Å². The van der Waals surface area contributed by atoms with E-state index in [2.05, 4.69) is 4.98 Å². The minimum absolute atomic E-state index is 0.199. The van der Waals surface area contributed by atoms with E-state index in [0.717, 1.165) is 16.6 Å². The molecule has 0 aliphatic rings. The molecule has 0 saturated heterocycles. The van der Waals surface area contributed by atoms with Gasteiger partial charge in [-0.25, -0.2) is 0 Å². The highest BCUT2D eigenvalue weighted by atomic mass is 16.6. The molecule has 1 heterocycles. The Kier molecular flexibility index (Phi) is 4.80. The summed E-state index contributed by atoms with van der Waals surface area (Å²) in [5, 5.41) is 12.2. The minimum atomic E-state index is -1.00. The predicted molar refractivity (Wildman–Crippen MR) is 83.5 cm³/mol. The van der Waals surface area contributed by atoms with Crippen LogP contribution in [0, 0.1) is 17.0 Å². The number of rotatable bonds is 6. The van der Waals surface area contributed by atoms with Gasteiger partial charge in [-0.2, -0.15) is 0 Å². The van der Waals surface area contributed by atoms with Gasteiger partial charge in [0.05, 0.1) is 6.61 Å². The van der Waals surface area contributed by atoms with Gasteiger partial charge < -0.3 is 9.72 Å². The SMILES string of the molecule is CCOC(=O)C(c1c(C)[nH]c2ccccc12)C(CC)[N+](=O)[O-]. The Bertz CT molecular complexity index is 693. The Hall–Kier alpha value is -2.37. The first-order valence-electron chi connectivity index (χ1n) is 7.38. The third-order valence-electron chi connectivity index (χ3n) is 3.87. The van der Waals surface area contributed by atoms with Crippen molar-refractivity contribution in [3.8, 4) is 0 Å². The first-order chi connectivity index (χ1) is 10.5. The number of ether oxygens (including phenoxy) is 1. The Morgan fingerprint density at radius 3 is 2.64 bits per heavy atom. The molecule has 118 valence electrons. The van der Waals surface area contributed by atoms with Crippen LogP contribution < -0.4 is 0 Å². The summed E-state index contributed by atoms with van der Waals surface area (Å²) >= 11 is 0. The molecule has 2 unspecified atom stereocenters. The number of para-hydroxylation sites is 1. The van der Waals surface area contributed by atoms with E-state index in [1.807, 2.05) is 31.2 Å². The van der Waals surface area contributed by atoms with E-state index in [1.165, 1.54) is 0 Å². The molecule has 2 atom stereocenters. The lowest BCUT2D eigenvalue weighted by Crippen LogP contribution is -2.34. The molecule has 0 bridgehead atoms. The summed E-state index contributed by atoms with van der Waals surface area (Å²) in [6.45, 7) is 5.44. The van der Waals surface area contributed by atoms with E-state index >= 15 is 0 Å². The summed E-state index contributed by atoms with van der Waals surface area (Å²) in [6.07, 6.45) is 0.259. The molecule has 0 amide bonds. The minimum Gasteiger partial charge on any atom is -0.465 e. The van der Waals surface area contributed by atoms with Crippen LogP contribution in [0.15, 0.2) is 24.3 Å². The van der Waals surface area contributed by atoms with Crippen LogP contribution in [0.1, 0.15) is 37.4 Å². The van der Waals surface area contributed by atoms with Crippen molar-refractivity contribution in [2.75, 3.05) is 6.61 Å². The maximum Gasteiger partial charge on any atom is 0.320 e. The molecule has 0 radical (unpaired) electrons. The highest BCUT2D eigenvalue weighted by molar-refractivity contribution is 5.91. The zero-order chi connectivity index (χ0) is 16.3. The topological polar surface area (TPSA) is 85.2 Å². The van der Waals surface area contributed by atoms with Gasteiger partial charge in [-0.15, -0.1) is 0 Å². The molecule has 0 spiro atoms. The predicted octanol–water partition coefficient (Wildman–Crippen LogP) is 3.18. The van der Waals surface area contributed by atoms with E-state index in [-0.39, 0.29) is 18.0 Å². The van der Waals surface area contributed by atoms with Crippen LogP contribution >= 0.6 is 0 Å². The van der Waals surface area contributed by atoms with Gasteiger partial charge in [-0.1, -0.05) is 25.1 Å². The molecule has 1 aromatic heterocycles. The summed E-state index contributed by atoms with van der Waals surface area (Å²) in [5.74, 6) is -1.45. The second-order valence-corrected chi connectivity index (χ2v) is 5.20. The van der Waals surface area contributed by atoms with Gasteiger partial charge in [0.1, 0.15) is 0 Å². The van der Waals surface area contributed by atoms with Crippen LogP contribution in [0.3, 0.4) is 0 Å². The smallest absolute Gasteiger partial charge is 0.320 e. The number of nitro groups is 1. The van der Waals surface area contributed by atoms with Gasteiger partial charge in [0.15, 0.2) is 5.92 Å². The monoisotopic (exact) mass is 304 g/mol. The van der Waals surface area contributed by atoms with Crippen LogP contribution in [0.25, 0.3) is 10.9 Å². The van der Waals surface area contributed by atoms with E-state index in [1.54, 1.807) is 13.8 Å². The number of aryl methyl sites for hydroxylation is 1. The summed E-state index contributed by atoms with van der Waals surface area (Å²) in [5.41, 5.74) is 2.29. The number of H-pyrrole nitrogens is 1. The quantitative estimate of drug-likeness (QED) is 0.504. The van der Waals surface area contributed by atoms with Crippen LogP contribution in [0.5, 0.6) is 0 Å². The third-order valence-corrected chi connectivity index (χ3v) is 3.87. The number of aromatic amines is 1. The number of fused-ring (bicyclic) bond motifs is 1. The molecule has 22 heavy (non-hydrogen) atoms. The maximum atomic E-state index is 12.4. The van der Waals surface area contributed by atoms with Crippen molar-refractivity contribution >= 4 is 16.9 Å². The molecule has 1 N–H and O–H groups in total. The zero-order valence-corrected chi connectivity index (χ0v) is 13.0. The lowest BCUT2D eigenvalue weighted by atomic mass is 9.88. The van der Waals surface area contributed by atoms with Crippen LogP contribution in [0.4, 0.5) is 0 Å². The number of benzene rings is 1. The van der Waals surface area contributed by atoms with E-state index in [4.69, 9.17) is 4.74 Å². The van der Waals surface area contributed by atoms with Crippen molar-refractivity contribution in [3.63, 3.8) is 0 Å². The van der Waals surface area contributed by atoms with E-state index in [0.29, 0.717) is 5.56 Å². The fourth-order valence-corrected chi connectivity index (χ4v) is 2.90. The van der Waals surface area contributed by atoms with E-state index < -0.39 is 17.9 Å². The van der Waals surface area contributed by atoms with Gasteiger partial charge in [0, 0.05) is 33.5 Å². The number of hydrogen-bond acceptors (Lipinski definition) is 4. The number of aromatic nitrogens is 1. The number of hydrogen-bond donors (Lipinski definition) is 1. The first-order valence-corrected chi connectivity index (χ1v) is 7.38. The molecule has 1 aromatic carbocycles. The lowest BCUT2D eigenvalue weighted by molar-refractivity contribution is -0.525. The average Bonchev–Trinajstić information content (AvgIpc) is 2.80. The van der Waals surface area contributed by atoms with Crippen LogP contribution in [0.2, 0.25) is 0 Å². The van der Waals surface area contributed by atoms with Crippen molar-refractivity contribution < 1.29 is 14.5 Å². The third kappa shape index (κ3) is 2.81. The zero-order valence-electron chi connectivity index (χ0n) is 13.0. The van der Waals surface area contributed by atoms with Crippen molar-refractivity contribution in [3.05, 3.63) is 45.6 Å². The molecule has 0 saturated carbocycles. The summed E-state index contributed by atoms with van der Waals surface area (Å²) < 4.78 is 5.11. The summed E-state index contributed by atoms with van der Waals surface area (Å²) in [6, 6.07) is 6.49. The molecule has 2 aromatic rings.